The first-order valence-electron chi connectivity index (χ1n) is 6.67. The predicted molar refractivity (Wildman–Crippen MR) is 84.0 cm³/mol. The highest BCUT2D eigenvalue weighted by Gasteiger charge is 2.21. The van der Waals surface area contributed by atoms with Crippen molar-refractivity contribution in [2.45, 2.75) is 6.92 Å². The Hall–Kier alpha value is -3.22. The molecule has 118 valence electrons. The van der Waals surface area contributed by atoms with Crippen molar-refractivity contribution in [3.05, 3.63) is 63.7 Å². The molecule has 0 radical (unpaired) electrons. The van der Waals surface area contributed by atoms with Gasteiger partial charge in [-0.2, -0.15) is 0 Å². The summed E-state index contributed by atoms with van der Waals surface area (Å²) in [5.74, 6) is -0.469. The summed E-state index contributed by atoms with van der Waals surface area (Å²) in [6.07, 6.45) is 0. The monoisotopic (exact) mass is 314 g/mol. The summed E-state index contributed by atoms with van der Waals surface area (Å²) < 4.78 is 4.99. The highest BCUT2D eigenvalue weighted by molar-refractivity contribution is 6.07. The van der Waals surface area contributed by atoms with Gasteiger partial charge in [-0.3, -0.25) is 19.7 Å². The number of rotatable bonds is 5. The minimum absolute atomic E-state index is 0.123. The third kappa shape index (κ3) is 3.70. The number of hydrogen-bond donors (Lipinski definition) is 1. The van der Waals surface area contributed by atoms with Crippen LogP contribution in [0.3, 0.4) is 0 Å². The van der Waals surface area contributed by atoms with Gasteiger partial charge in [-0.1, -0.05) is 12.1 Å². The summed E-state index contributed by atoms with van der Waals surface area (Å²) in [5.41, 5.74) is 0.358. The molecular weight excluding hydrogens is 300 g/mol. The summed E-state index contributed by atoms with van der Waals surface area (Å²) >= 11 is 0. The van der Waals surface area contributed by atoms with E-state index in [4.69, 9.17) is 4.74 Å². The van der Waals surface area contributed by atoms with E-state index in [1.807, 2.05) is 0 Å². The third-order valence-corrected chi connectivity index (χ3v) is 3.17. The lowest BCUT2D eigenvalue weighted by molar-refractivity contribution is -0.385. The lowest BCUT2D eigenvalue weighted by Crippen LogP contribution is -2.14. The first-order chi connectivity index (χ1) is 10.9. The molecule has 0 atom stereocenters. The second kappa shape index (κ2) is 6.69. The van der Waals surface area contributed by atoms with Crippen molar-refractivity contribution in [2.75, 3.05) is 12.4 Å². The maximum atomic E-state index is 12.3. The van der Waals surface area contributed by atoms with Crippen LogP contribution in [0.5, 0.6) is 5.75 Å². The number of anilines is 1. The lowest BCUT2D eigenvalue weighted by Gasteiger charge is -2.08. The lowest BCUT2D eigenvalue weighted by atomic mass is 10.1. The van der Waals surface area contributed by atoms with Gasteiger partial charge in [0.15, 0.2) is 5.78 Å². The number of ketones is 1. The molecule has 7 nitrogen and oxygen atoms in total. The van der Waals surface area contributed by atoms with Crippen LogP contribution in [-0.2, 0) is 0 Å². The SMILES string of the molecule is COc1ccc([N+](=O)[O-])c(C(=O)Nc2cccc(C(C)=O)c2)c1. The quantitative estimate of drug-likeness (QED) is 0.519. The van der Waals surface area contributed by atoms with E-state index in [1.165, 1.54) is 38.3 Å². The van der Waals surface area contributed by atoms with Crippen molar-refractivity contribution < 1.29 is 19.2 Å². The molecule has 0 saturated carbocycles. The van der Waals surface area contributed by atoms with Gasteiger partial charge in [0, 0.05) is 17.3 Å². The van der Waals surface area contributed by atoms with Crippen LogP contribution in [0.2, 0.25) is 0 Å². The van der Waals surface area contributed by atoms with E-state index in [1.54, 1.807) is 18.2 Å². The average molecular weight is 314 g/mol. The van der Waals surface area contributed by atoms with Crippen LogP contribution in [0.25, 0.3) is 0 Å². The Bertz CT molecular complexity index is 786. The molecule has 2 rings (SSSR count). The van der Waals surface area contributed by atoms with Crippen molar-refractivity contribution in [3.63, 3.8) is 0 Å². The normalized spacial score (nSPS) is 10.0. The van der Waals surface area contributed by atoms with Crippen molar-refractivity contribution in [1.29, 1.82) is 0 Å². The van der Waals surface area contributed by atoms with Crippen LogP contribution < -0.4 is 10.1 Å². The molecule has 2 aromatic carbocycles. The number of benzene rings is 2. The number of carbonyl (C=O) groups excluding carboxylic acids is 2. The predicted octanol–water partition coefficient (Wildman–Crippen LogP) is 3.06. The van der Waals surface area contributed by atoms with E-state index in [0.29, 0.717) is 17.0 Å². The van der Waals surface area contributed by atoms with Gasteiger partial charge in [0.2, 0.25) is 0 Å². The Morgan fingerprint density at radius 1 is 1.17 bits per heavy atom. The molecule has 0 aliphatic carbocycles. The maximum absolute atomic E-state index is 12.3. The fraction of sp³-hybridized carbons (Fsp3) is 0.125. The minimum Gasteiger partial charge on any atom is -0.497 e. The van der Waals surface area contributed by atoms with Gasteiger partial charge in [0.25, 0.3) is 11.6 Å². The van der Waals surface area contributed by atoms with Gasteiger partial charge in [0.1, 0.15) is 11.3 Å². The maximum Gasteiger partial charge on any atom is 0.282 e. The van der Waals surface area contributed by atoms with E-state index in [0.717, 1.165) is 0 Å². The summed E-state index contributed by atoms with van der Waals surface area (Å²) in [7, 11) is 1.40. The number of nitrogens with one attached hydrogen (secondary N) is 1. The molecule has 0 aromatic heterocycles. The molecular formula is C16H14N2O5. The van der Waals surface area contributed by atoms with E-state index >= 15 is 0 Å². The van der Waals surface area contributed by atoms with Crippen LogP contribution in [0.1, 0.15) is 27.6 Å². The van der Waals surface area contributed by atoms with E-state index in [-0.39, 0.29) is 17.0 Å². The molecule has 23 heavy (non-hydrogen) atoms. The Balaban J connectivity index is 2.35. The van der Waals surface area contributed by atoms with Crippen molar-refractivity contribution in [2.24, 2.45) is 0 Å². The Morgan fingerprint density at radius 2 is 1.91 bits per heavy atom. The van der Waals surface area contributed by atoms with Gasteiger partial charge in [-0.25, -0.2) is 0 Å². The fourth-order valence-corrected chi connectivity index (χ4v) is 2.00. The number of methoxy groups -OCH3 is 1. The van der Waals surface area contributed by atoms with E-state index < -0.39 is 10.8 Å². The highest BCUT2D eigenvalue weighted by atomic mass is 16.6. The Kier molecular flexibility index (Phi) is 4.70. The van der Waals surface area contributed by atoms with Crippen molar-refractivity contribution in [3.8, 4) is 5.75 Å². The van der Waals surface area contributed by atoms with Crippen LogP contribution in [0.15, 0.2) is 42.5 Å². The largest absolute Gasteiger partial charge is 0.497 e. The summed E-state index contributed by atoms with van der Waals surface area (Å²) in [5, 5.41) is 13.6. The zero-order valence-corrected chi connectivity index (χ0v) is 12.5. The number of nitro benzene ring substituents is 1. The molecule has 0 unspecified atom stereocenters. The zero-order valence-electron chi connectivity index (χ0n) is 12.5. The molecule has 1 amide bonds. The smallest absolute Gasteiger partial charge is 0.282 e. The van der Waals surface area contributed by atoms with E-state index in [2.05, 4.69) is 5.32 Å². The molecule has 2 aromatic rings. The average Bonchev–Trinajstić information content (AvgIpc) is 2.54. The summed E-state index contributed by atoms with van der Waals surface area (Å²) in [6, 6.07) is 10.2. The van der Waals surface area contributed by atoms with Gasteiger partial charge >= 0.3 is 0 Å². The minimum atomic E-state index is -0.656. The molecule has 0 spiro atoms. The zero-order chi connectivity index (χ0) is 17.0. The van der Waals surface area contributed by atoms with E-state index in [9.17, 15) is 19.7 Å². The van der Waals surface area contributed by atoms with Gasteiger partial charge in [0.05, 0.1) is 12.0 Å². The van der Waals surface area contributed by atoms with Crippen LogP contribution >= 0.6 is 0 Å². The Morgan fingerprint density at radius 3 is 2.52 bits per heavy atom. The first kappa shape index (κ1) is 16.2. The number of Topliss-reactive ketones (excluding diaryl/α,β-unsaturated/α-hetero) is 1. The van der Waals surface area contributed by atoms with Gasteiger partial charge in [-0.15, -0.1) is 0 Å². The number of hydrogen-bond acceptors (Lipinski definition) is 5. The Labute approximate surface area is 132 Å². The molecule has 0 bridgehead atoms. The van der Waals surface area contributed by atoms with Crippen molar-refractivity contribution in [1.82, 2.24) is 0 Å². The highest BCUT2D eigenvalue weighted by Crippen LogP contribution is 2.25. The number of carbonyl (C=O) groups is 2. The number of nitrogens with zero attached hydrogens (tertiary/aromatic N) is 1. The molecule has 0 aliphatic rings. The fourth-order valence-electron chi connectivity index (χ4n) is 2.00. The second-order valence-electron chi connectivity index (χ2n) is 4.73. The standard InChI is InChI=1S/C16H14N2O5/c1-10(19)11-4-3-5-12(8-11)17-16(20)14-9-13(23-2)6-7-15(14)18(21)22/h3-9H,1-2H3,(H,17,20). The second-order valence-corrected chi connectivity index (χ2v) is 4.73. The molecule has 7 heteroatoms. The topological polar surface area (TPSA) is 98.5 Å². The summed E-state index contributed by atoms with van der Waals surface area (Å²) in [6.45, 7) is 1.41. The van der Waals surface area contributed by atoms with Crippen LogP contribution in [-0.4, -0.2) is 23.7 Å². The van der Waals surface area contributed by atoms with Crippen LogP contribution in [0.4, 0.5) is 11.4 Å². The number of nitro groups is 1. The molecule has 1 N–H and O–H groups in total. The third-order valence-electron chi connectivity index (χ3n) is 3.17. The molecule has 0 heterocycles. The molecule has 0 fully saturated rings. The van der Waals surface area contributed by atoms with Gasteiger partial charge < -0.3 is 10.1 Å². The number of ether oxygens (including phenoxy) is 1. The first-order valence-corrected chi connectivity index (χ1v) is 6.67. The number of amides is 1. The summed E-state index contributed by atoms with van der Waals surface area (Å²) in [4.78, 5) is 34.1. The van der Waals surface area contributed by atoms with Crippen LogP contribution in [0, 0.1) is 10.1 Å². The molecule has 0 saturated heterocycles. The van der Waals surface area contributed by atoms with Gasteiger partial charge in [-0.05, 0) is 31.2 Å². The molecule has 0 aliphatic heterocycles. The van der Waals surface area contributed by atoms with Crippen molar-refractivity contribution >= 4 is 23.1 Å².